The number of hydrogen-bond donors (Lipinski definition) is 1. The standard InChI is InChI=1S/C24H27NO4/c1-4-6-7-13-29-21-12-11-17(14-22(21)28-5-2)20-15-19(24(26)27)18-10-8-9-16(3)23(18)25-20/h8-12,14-15H,4-7,13H2,1-3H3,(H,26,27). The number of hydrogen-bond acceptors (Lipinski definition) is 4. The highest BCUT2D eigenvalue weighted by Crippen LogP contribution is 2.34. The molecule has 3 rings (SSSR count). The molecular weight excluding hydrogens is 366 g/mol. The number of aryl methyl sites for hydroxylation is 1. The molecule has 0 aliphatic rings. The number of pyridine rings is 1. The Hall–Kier alpha value is -3.08. The summed E-state index contributed by atoms with van der Waals surface area (Å²) in [7, 11) is 0. The van der Waals surface area contributed by atoms with Crippen molar-refractivity contribution in [1.82, 2.24) is 4.98 Å². The van der Waals surface area contributed by atoms with Gasteiger partial charge in [0.15, 0.2) is 11.5 Å². The van der Waals surface area contributed by atoms with Gasteiger partial charge in [-0.05, 0) is 50.1 Å². The van der Waals surface area contributed by atoms with E-state index in [4.69, 9.17) is 14.5 Å². The van der Waals surface area contributed by atoms with Crippen LogP contribution in [0.2, 0.25) is 0 Å². The average molecular weight is 393 g/mol. The van der Waals surface area contributed by atoms with Gasteiger partial charge in [0.05, 0.1) is 30.0 Å². The van der Waals surface area contributed by atoms with Crippen LogP contribution in [-0.2, 0) is 0 Å². The quantitative estimate of drug-likeness (QED) is 0.460. The van der Waals surface area contributed by atoms with Crippen LogP contribution >= 0.6 is 0 Å². The lowest BCUT2D eigenvalue weighted by Crippen LogP contribution is -2.03. The molecule has 0 aliphatic carbocycles. The van der Waals surface area contributed by atoms with Crippen molar-refractivity contribution in [1.29, 1.82) is 0 Å². The Morgan fingerprint density at radius 1 is 1.03 bits per heavy atom. The Bertz CT molecular complexity index is 1010. The van der Waals surface area contributed by atoms with Crippen molar-refractivity contribution in [3.05, 3.63) is 53.6 Å². The van der Waals surface area contributed by atoms with Crippen LogP contribution < -0.4 is 9.47 Å². The minimum absolute atomic E-state index is 0.242. The molecule has 0 radical (unpaired) electrons. The molecule has 5 nitrogen and oxygen atoms in total. The number of aromatic nitrogens is 1. The zero-order valence-electron chi connectivity index (χ0n) is 17.2. The maximum atomic E-state index is 11.8. The average Bonchev–Trinajstić information content (AvgIpc) is 2.72. The van der Waals surface area contributed by atoms with Gasteiger partial charge in [-0.25, -0.2) is 9.78 Å². The summed E-state index contributed by atoms with van der Waals surface area (Å²) in [5, 5.41) is 10.3. The molecule has 0 amide bonds. The first kappa shape index (κ1) is 20.6. The fourth-order valence-electron chi connectivity index (χ4n) is 3.31. The van der Waals surface area contributed by atoms with Crippen molar-refractivity contribution in [3.8, 4) is 22.8 Å². The molecule has 152 valence electrons. The first-order valence-corrected chi connectivity index (χ1v) is 10.1. The van der Waals surface area contributed by atoms with E-state index >= 15 is 0 Å². The molecule has 0 bridgehead atoms. The number of para-hydroxylation sites is 1. The number of unbranched alkanes of at least 4 members (excludes halogenated alkanes) is 2. The van der Waals surface area contributed by atoms with Crippen molar-refractivity contribution >= 4 is 16.9 Å². The molecule has 1 N–H and O–H groups in total. The summed E-state index contributed by atoms with van der Waals surface area (Å²) in [4.78, 5) is 16.6. The number of aromatic carboxylic acids is 1. The smallest absolute Gasteiger partial charge is 0.336 e. The molecular formula is C24H27NO4. The SMILES string of the molecule is CCCCCOc1ccc(-c2cc(C(=O)O)c3cccc(C)c3n2)cc1OCC. The van der Waals surface area contributed by atoms with Crippen molar-refractivity contribution < 1.29 is 19.4 Å². The highest BCUT2D eigenvalue weighted by atomic mass is 16.5. The zero-order chi connectivity index (χ0) is 20.8. The Labute approximate surface area is 171 Å². The second kappa shape index (κ2) is 9.41. The zero-order valence-corrected chi connectivity index (χ0v) is 17.2. The number of carboxylic acid groups (broad SMARTS) is 1. The summed E-state index contributed by atoms with van der Waals surface area (Å²) < 4.78 is 11.7. The number of fused-ring (bicyclic) bond motifs is 1. The molecule has 0 unspecified atom stereocenters. The van der Waals surface area contributed by atoms with Crippen LogP contribution in [-0.4, -0.2) is 29.3 Å². The topological polar surface area (TPSA) is 68.7 Å². The van der Waals surface area contributed by atoms with Gasteiger partial charge in [0.2, 0.25) is 0 Å². The van der Waals surface area contributed by atoms with Gasteiger partial charge in [-0.2, -0.15) is 0 Å². The van der Waals surface area contributed by atoms with Gasteiger partial charge in [0, 0.05) is 10.9 Å². The minimum Gasteiger partial charge on any atom is -0.490 e. The number of rotatable bonds is 9. The summed E-state index contributed by atoms with van der Waals surface area (Å²) in [6.07, 6.45) is 3.26. The molecule has 0 saturated carbocycles. The molecule has 29 heavy (non-hydrogen) atoms. The third kappa shape index (κ3) is 4.67. The predicted molar refractivity (Wildman–Crippen MR) is 115 cm³/mol. The fraction of sp³-hybridized carbons (Fsp3) is 0.333. The molecule has 1 aromatic heterocycles. The van der Waals surface area contributed by atoms with E-state index in [0.717, 1.165) is 30.4 Å². The second-order valence-corrected chi connectivity index (χ2v) is 6.98. The summed E-state index contributed by atoms with van der Waals surface area (Å²) >= 11 is 0. The maximum Gasteiger partial charge on any atom is 0.336 e. The van der Waals surface area contributed by atoms with Crippen LogP contribution in [0.15, 0.2) is 42.5 Å². The van der Waals surface area contributed by atoms with E-state index in [9.17, 15) is 9.90 Å². The molecule has 0 atom stereocenters. The van der Waals surface area contributed by atoms with Crippen LogP contribution in [0.5, 0.6) is 11.5 Å². The molecule has 2 aromatic carbocycles. The molecule has 0 fully saturated rings. The molecule has 0 spiro atoms. The largest absolute Gasteiger partial charge is 0.490 e. The third-order valence-corrected chi connectivity index (χ3v) is 4.82. The van der Waals surface area contributed by atoms with E-state index in [1.54, 1.807) is 12.1 Å². The van der Waals surface area contributed by atoms with Gasteiger partial charge >= 0.3 is 5.97 Å². The van der Waals surface area contributed by atoms with Crippen molar-refractivity contribution in [3.63, 3.8) is 0 Å². The number of carboxylic acids is 1. The normalized spacial score (nSPS) is 10.9. The monoisotopic (exact) mass is 393 g/mol. The van der Waals surface area contributed by atoms with Gasteiger partial charge in [-0.1, -0.05) is 38.0 Å². The first-order chi connectivity index (χ1) is 14.0. The van der Waals surface area contributed by atoms with E-state index < -0.39 is 5.97 Å². The molecule has 0 aliphatic heterocycles. The molecule has 0 saturated heterocycles. The summed E-state index contributed by atoms with van der Waals surface area (Å²) in [5.74, 6) is 0.373. The van der Waals surface area contributed by atoms with E-state index in [1.807, 2.05) is 44.2 Å². The predicted octanol–water partition coefficient (Wildman–Crippen LogP) is 5.88. The minimum atomic E-state index is -0.967. The van der Waals surface area contributed by atoms with Crippen LogP contribution in [0.25, 0.3) is 22.2 Å². The first-order valence-electron chi connectivity index (χ1n) is 10.1. The number of nitrogens with zero attached hydrogens (tertiary/aromatic N) is 1. The van der Waals surface area contributed by atoms with Crippen LogP contribution in [0.3, 0.4) is 0 Å². The van der Waals surface area contributed by atoms with Crippen LogP contribution in [0.4, 0.5) is 0 Å². The van der Waals surface area contributed by atoms with Crippen LogP contribution in [0, 0.1) is 6.92 Å². The fourth-order valence-corrected chi connectivity index (χ4v) is 3.31. The van der Waals surface area contributed by atoms with Gasteiger partial charge in [-0.3, -0.25) is 0 Å². The van der Waals surface area contributed by atoms with E-state index in [1.165, 1.54) is 0 Å². The Balaban J connectivity index is 2.03. The third-order valence-electron chi connectivity index (χ3n) is 4.82. The van der Waals surface area contributed by atoms with Crippen molar-refractivity contribution in [2.24, 2.45) is 0 Å². The lowest BCUT2D eigenvalue weighted by atomic mass is 10.0. The number of benzene rings is 2. The highest BCUT2D eigenvalue weighted by Gasteiger charge is 2.15. The Morgan fingerprint density at radius 2 is 1.86 bits per heavy atom. The summed E-state index contributed by atoms with van der Waals surface area (Å²) in [5.41, 5.74) is 3.27. The molecule has 5 heteroatoms. The Morgan fingerprint density at radius 3 is 2.59 bits per heavy atom. The van der Waals surface area contributed by atoms with Crippen molar-refractivity contribution in [2.75, 3.05) is 13.2 Å². The second-order valence-electron chi connectivity index (χ2n) is 6.98. The van der Waals surface area contributed by atoms with E-state index in [-0.39, 0.29) is 5.56 Å². The molecule has 3 aromatic rings. The van der Waals surface area contributed by atoms with Gasteiger partial charge in [0.25, 0.3) is 0 Å². The summed E-state index contributed by atoms with van der Waals surface area (Å²) in [6, 6.07) is 12.8. The molecule has 1 heterocycles. The highest BCUT2D eigenvalue weighted by molar-refractivity contribution is 6.04. The lowest BCUT2D eigenvalue weighted by molar-refractivity contribution is 0.0699. The maximum absolute atomic E-state index is 11.8. The van der Waals surface area contributed by atoms with E-state index in [2.05, 4.69) is 6.92 Å². The number of ether oxygens (including phenoxy) is 2. The van der Waals surface area contributed by atoms with Gasteiger partial charge in [-0.15, -0.1) is 0 Å². The van der Waals surface area contributed by atoms with Gasteiger partial charge < -0.3 is 14.6 Å². The Kier molecular flexibility index (Phi) is 6.70. The van der Waals surface area contributed by atoms with Crippen LogP contribution in [0.1, 0.15) is 49.0 Å². The van der Waals surface area contributed by atoms with E-state index in [0.29, 0.717) is 41.3 Å². The van der Waals surface area contributed by atoms with Gasteiger partial charge in [0.1, 0.15) is 0 Å². The summed E-state index contributed by atoms with van der Waals surface area (Å²) in [6.45, 7) is 7.17. The van der Waals surface area contributed by atoms with Crippen molar-refractivity contribution in [2.45, 2.75) is 40.0 Å². The number of carbonyl (C=O) groups is 1. The lowest BCUT2D eigenvalue weighted by Gasteiger charge is -2.14.